The predicted molar refractivity (Wildman–Crippen MR) is 113 cm³/mol. The Hall–Kier alpha value is -2.20. The van der Waals surface area contributed by atoms with Crippen molar-refractivity contribution < 1.29 is 29.4 Å². The fraction of sp³-hybridized carbons (Fsp3) is 0.800. The van der Waals surface area contributed by atoms with E-state index in [1.165, 1.54) is 5.01 Å². The molecule has 0 radical (unpaired) electrons. The van der Waals surface area contributed by atoms with E-state index in [0.29, 0.717) is 19.1 Å². The van der Waals surface area contributed by atoms with Crippen LogP contribution in [-0.2, 0) is 9.59 Å². The van der Waals surface area contributed by atoms with Gasteiger partial charge in [0.05, 0.1) is 12.1 Å². The SMILES string of the molecule is CC(C)C(C=O)NCCCCCCCC(NC(=O)O)N(NC(=O)O)[C@H](C=O)C(C)C. The number of hydrogen-bond donors (Lipinski definition) is 5. The lowest BCUT2D eigenvalue weighted by Crippen LogP contribution is -2.61. The van der Waals surface area contributed by atoms with Gasteiger partial charge in [0.2, 0.25) is 0 Å². The number of carbonyl (C=O) groups is 4. The van der Waals surface area contributed by atoms with E-state index in [1.54, 1.807) is 13.8 Å². The Kier molecular flexibility index (Phi) is 14.5. The molecule has 0 aliphatic heterocycles. The Morgan fingerprint density at radius 1 is 0.867 bits per heavy atom. The zero-order valence-corrected chi connectivity index (χ0v) is 18.5. The summed E-state index contributed by atoms with van der Waals surface area (Å²) in [6.07, 6.45) is 2.76. The number of hydrogen-bond acceptors (Lipinski definition) is 6. The first-order chi connectivity index (χ1) is 14.1. The van der Waals surface area contributed by atoms with Crippen molar-refractivity contribution in [2.24, 2.45) is 11.8 Å². The maximum Gasteiger partial charge on any atom is 0.419 e. The maximum atomic E-state index is 11.5. The minimum Gasteiger partial charge on any atom is -0.465 e. The summed E-state index contributed by atoms with van der Waals surface area (Å²) < 4.78 is 0. The molecule has 0 saturated carbocycles. The maximum absolute atomic E-state index is 11.5. The number of nitrogens with one attached hydrogen (secondary N) is 3. The summed E-state index contributed by atoms with van der Waals surface area (Å²) in [5, 5.41) is 24.9. The molecule has 30 heavy (non-hydrogen) atoms. The first kappa shape index (κ1) is 27.8. The van der Waals surface area contributed by atoms with Crippen LogP contribution in [0.3, 0.4) is 0 Å². The van der Waals surface area contributed by atoms with Crippen molar-refractivity contribution in [2.75, 3.05) is 6.54 Å². The standard InChI is InChI=1S/C20H38N4O6/c1-14(2)16(12-25)21-11-9-7-5-6-8-10-18(22-19(27)28)24(23-20(29)30)17(13-26)15(3)4/h12-18,21-23H,5-11H2,1-4H3,(H,27,28)(H,29,30)/t16?,17-,18?/m1/s1. The number of hydrazine groups is 1. The van der Waals surface area contributed by atoms with Crippen LogP contribution < -0.4 is 16.1 Å². The second kappa shape index (κ2) is 15.6. The molecule has 0 rings (SSSR count). The number of unbranched alkanes of at least 4 members (excludes halogenated alkanes) is 4. The molecule has 0 aromatic heterocycles. The highest BCUT2D eigenvalue weighted by molar-refractivity contribution is 5.67. The predicted octanol–water partition coefficient (Wildman–Crippen LogP) is 2.44. The molecule has 2 unspecified atom stereocenters. The van der Waals surface area contributed by atoms with E-state index in [4.69, 9.17) is 10.2 Å². The van der Waals surface area contributed by atoms with Gasteiger partial charge in [-0.2, -0.15) is 5.01 Å². The van der Waals surface area contributed by atoms with Gasteiger partial charge < -0.3 is 30.4 Å². The quantitative estimate of drug-likeness (QED) is 0.102. The molecular formula is C20H38N4O6. The topological polar surface area (TPSA) is 148 Å². The minimum atomic E-state index is -1.36. The molecule has 10 heteroatoms. The van der Waals surface area contributed by atoms with Crippen molar-refractivity contribution in [3.63, 3.8) is 0 Å². The number of carboxylic acid groups (broad SMARTS) is 2. The van der Waals surface area contributed by atoms with Gasteiger partial charge in [-0.25, -0.2) is 9.59 Å². The van der Waals surface area contributed by atoms with Gasteiger partial charge in [0.25, 0.3) is 0 Å². The van der Waals surface area contributed by atoms with Crippen molar-refractivity contribution in [1.82, 2.24) is 21.1 Å². The van der Waals surface area contributed by atoms with Gasteiger partial charge in [-0.05, 0) is 37.6 Å². The van der Waals surface area contributed by atoms with E-state index < -0.39 is 24.4 Å². The highest BCUT2D eigenvalue weighted by Gasteiger charge is 2.30. The summed E-state index contributed by atoms with van der Waals surface area (Å²) in [4.78, 5) is 44.8. The van der Waals surface area contributed by atoms with Gasteiger partial charge in [-0.1, -0.05) is 47.0 Å². The lowest BCUT2D eigenvalue weighted by atomic mass is 10.0. The molecule has 0 aromatic carbocycles. The first-order valence-corrected chi connectivity index (χ1v) is 10.5. The molecule has 3 atom stereocenters. The van der Waals surface area contributed by atoms with Crippen molar-refractivity contribution in [2.45, 2.75) is 84.5 Å². The third-order valence-electron chi connectivity index (χ3n) is 4.89. The number of aldehydes is 2. The molecule has 0 spiro atoms. The zero-order valence-electron chi connectivity index (χ0n) is 18.5. The van der Waals surface area contributed by atoms with Crippen LogP contribution in [0.1, 0.15) is 66.2 Å². The lowest BCUT2D eigenvalue weighted by Gasteiger charge is -2.36. The summed E-state index contributed by atoms with van der Waals surface area (Å²) in [5.41, 5.74) is 2.17. The van der Waals surface area contributed by atoms with Crippen LogP contribution in [-0.4, -0.2) is 64.8 Å². The Bertz CT molecular complexity index is 529. The van der Waals surface area contributed by atoms with Crippen LogP contribution in [0.2, 0.25) is 0 Å². The highest BCUT2D eigenvalue weighted by Crippen LogP contribution is 2.15. The molecule has 2 amide bonds. The Morgan fingerprint density at radius 2 is 1.47 bits per heavy atom. The molecule has 10 nitrogen and oxygen atoms in total. The largest absolute Gasteiger partial charge is 0.465 e. The van der Waals surface area contributed by atoms with Crippen molar-refractivity contribution in [3.05, 3.63) is 0 Å². The fourth-order valence-electron chi connectivity index (χ4n) is 3.14. The zero-order chi connectivity index (χ0) is 23.1. The van der Waals surface area contributed by atoms with E-state index >= 15 is 0 Å². The van der Waals surface area contributed by atoms with E-state index in [0.717, 1.165) is 38.5 Å². The third-order valence-corrected chi connectivity index (χ3v) is 4.89. The van der Waals surface area contributed by atoms with E-state index in [9.17, 15) is 19.2 Å². The van der Waals surface area contributed by atoms with Crippen molar-refractivity contribution in [1.29, 1.82) is 0 Å². The van der Waals surface area contributed by atoms with Crippen LogP contribution in [0.25, 0.3) is 0 Å². The summed E-state index contributed by atoms with van der Waals surface area (Å²) in [5.74, 6) is 0.0468. The van der Waals surface area contributed by atoms with Gasteiger partial charge in [0.1, 0.15) is 18.7 Å². The van der Waals surface area contributed by atoms with E-state index in [1.807, 2.05) is 13.8 Å². The average molecular weight is 431 g/mol. The average Bonchev–Trinajstić information content (AvgIpc) is 2.64. The van der Waals surface area contributed by atoms with Crippen LogP contribution in [0.15, 0.2) is 0 Å². The Balaban J connectivity index is 4.57. The van der Waals surface area contributed by atoms with Gasteiger partial charge >= 0.3 is 12.2 Å². The van der Waals surface area contributed by atoms with Crippen molar-refractivity contribution >= 4 is 24.8 Å². The number of amides is 2. The Morgan fingerprint density at radius 3 is 1.93 bits per heavy atom. The van der Waals surface area contributed by atoms with Crippen LogP contribution >= 0.6 is 0 Å². The molecule has 0 fully saturated rings. The van der Waals surface area contributed by atoms with Crippen LogP contribution in [0.4, 0.5) is 9.59 Å². The fourth-order valence-corrected chi connectivity index (χ4v) is 3.14. The monoisotopic (exact) mass is 430 g/mol. The second-order valence-corrected chi connectivity index (χ2v) is 8.08. The summed E-state index contributed by atoms with van der Waals surface area (Å²) in [6, 6.07) is -0.928. The second-order valence-electron chi connectivity index (χ2n) is 8.08. The first-order valence-electron chi connectivity index (χ1n) is 10.5. The number of nitrogens with zero attached hydrogens (tertiary/aromatic N) is 1. The highest BCUT2D eigenvalue weighted by atomic mass is 16.4. The number of carbonyl (C=O) groups excluding carboxylic acids is 2. The molecule has 0 aliphatic carbocycles. The summed E-state index contributed by atoms with van der Waals surface area (Å²) in [7, 11) is 0. The molecule has 174 valence electrons. The molecule has 0 saturated heterocycles. The van der Waals surface area contributed by atoms with Gasteiger partial charge in [0, 0.05) is 0 Å². The molecule has 0 heterocycles. The minimum absolute atomic E-state index is 0.132. The smallest absolute Gasteiger partial charge is 0.419 e. The normalized spacial score (nSPS) is 14.4. The molecule has 0 aliphatic rings. The molecule has 0 aromatic rings. The van der Waals surface area contributed by atoms with E-state index in [2.05, 4.69) is 16.1 Å². The van der Waals surface area contributed by atoms with E-state index in [-0.39, 0.29) is 17.9 Å². The molecule has 5 N–H and O–H groups in total. The van der Waals surface area contributed by atoms with Gasteiger partial charge in [-0.3, -0.25) is 5.43 Å². The van der Waals surface area contributed by atoms with Crippen LogP contribution in [0.5, 0.6) is 0 Å². The third kappa shape index (κ3) is 11.7. The lowest BCUT2D eigenvalue weighted by molar-refractivity contribution is -0.117. The van der Waals surface area contributed by atoms with Crippen LogP contribution in [0, 0.1) is 11.8 Å². The van der Waals surface area contributed by atoms with Gasteiger partial charge in [0.15, 0.2) is 0 Å². The van der Waals surface area contributed by atoms with Crippen molar-refractivity contribution in [3.8, 4) is 0 Å². The summed E-state index contributed by atoms with van der Waals surface area (Å²) >= 11 is 0. The molecule has 0 bridgehead atoms. The summed E-state index contributed by atoms with van der Waals surface area (Å²) in [6.45, 7) is 8.26. The molecular weight excluding hydrogens is 392 g/mol. The van der Waals surface area contributed by atoms with Gasteiger partial charge in [-0.15, -0.1) is 0 Å². The Labute approximate surface area is 178 Å². The number of rotatable bonds is 17.